The molecule has 5 heterocycles. The smallest absolute Gasteiger partial charge is 0.211 e. The van der Waals surface area contributed by atoms with Crippen LogP contribution in [0, 0.1) is 0 Å². The standard InChI is InChI=1S/C23H26N8S/c1-2-4-15(3-1)22-29-30-23(32-22)28-21-6-5-19-20(27-21)11-16(12-25-19)17-13-26-31(14-17)18-7-9-24-10-8-18/h5-6,11-15,18,24H,1-4,7-10H2,(H,27,28,30). The maximum atomic E-state index is 4.79. The number of fused-ring (bicyclic) bond motifs is 1. The Hall–Kier alpha value is -2.91. The van der Waals surface area contributed by atoms with Gasteiger partial charge in [0.2, 0.25) is 5.13 Å². The van der Waals surface area contributed by atoms with E-state index in [1.807, 2.05) is 24.5 Å². The Morgan fingerprint density at radius 1 is 0.969 bits per heavy atom. The van der Waals surface area contributed by atoms with Crippen molar-refractivity contribution in [2.75, 3.05) is 18.4 Å². The van der Waals surface area contributed by atoms with Crippen molar-refractivity contribution in [3.05, 3.63) is 41.8 Å². The van der Waals surface area contributed by atoms with Gasteiger partial charge in [-0.05, 0) is 57.0 Å². The second-order valence-electron chi connectivity index (χ2n) is 8.70. The lowest BCUT2D eigenvalue weighted by molar-refractivity contribution is 0.343. The number of hydrogen-bond acceptors (Lipinski definition) is 8. The molecule has 0 spiro atoms. The van der Waals surface area contributed by atoms with Crippen LogP contribution in [0.3, 0.4) is 0 Å². The van der Waals surface area contributed by atoms with Crippen LogP contribution in [-0.4, -0.2) is 43.0 Å². The molecule has 2 N–H and O–H groups in total. The van der Waals surface area contributed by atoms with E-state index < -0.39 is 0 Å². The summed E-state index contributed by atoms with van der Waals surface area (Å²) in [4.78, 5) is 9.41. The molecule has 1 saturated carbocycles. The molecule has 1 saturated heterocycles. The molecular formula is C23H26N8S. The topological polar surface area (TPSA) is 93.4 Å². The highest BCUT2D eigenvalue weighted by Gasteiger charge is 2.21. The van der Waals surface area contributed by atoms with Gasteiger partial charge < -0.3 is 10.6 Å². The van der Waals surface area contributed by atoms with Crippen molar-refractivity contribution < 1.29 is 0 Å². The van der Waals surface area contributed by atoms with Crippen molar-refractivity contribution in [2.24, 2.45) is 0 Å². The molecule has 4 aromatic rings. The van der Waals surface area contributed by atoms with Crippen molar-refractivity contribution in [1.29, 1.82) is 0 Å². The first kappa shape index (κ1) is 19.8. The molecule has 1 aliphatic carbocycles. The average molecular weight is 447 g/mol. The lowest BCUT2D eigenvalue weighted by Gasteiger charge is -2.22. The molecule has 1 aliphatic heterocycles. The third-order valence-electron chi connectivity index (χ3n) is 6.54. The second kappa shape index (κ2) is 8.55. The molecule has 0 bridgehead atoms. The number of hydrogen-bond donors (Lipinski definition) is 2. The molecular weight excluding hydrogens is 420 g/mol. The second-order valence-corrected chi connectivity index (χ2v) is 9.71. The normalized spacial score (nSPS) is 17.9. The number of piperidine rings is 1. The number of aromatic nitrogens is 6. The van der Waals surface area contributed by atoms with Gasteiger partial charge in [0.1, 0.15) is 10.8 Å². The molecule has 2 aliphatic rings. The first-order valence-electron chi connectivity index (χ1n) is 11.4. The number of rotatable bonds is 5. The Kier molecular flexibility index (Phi) is 5.28. The van der Waals surface area contributed by atoms with E-state index in [1.165, 1.54) is 25.7 Å². The summed E-state index contributed by atoms with van der Waals surface area (Å²) in [6.07, 6.45) is 13.2. The van der Waals surface area contributed by atoms with E-state index in [2.05, 4.69) is 47.9 Å². The van der Waals surface area contributed by atoms with E-state index in [1.54, 1.807) is 11.3 Å². The zero-order valence-electron chi connectivity index (χ0n) is 17.9. The van der Waals surface area contributed by atoms with Crippen LogP contribution in [0.4, 0.5) is 10.9 Å². The molecule has 0 aromatic carbocycles. The molecule has 0 unspecified atom stereocenters. The Balaban J connectivity index is 1.23. The van der Waals surface area contributed by atoms with Crippen molar-refractivity contribution in [2.45, 2.75) is 50.5 Å². The van der Waals surface area contributed by atoms with Gasteiger partial charge in [0.25, 0.3) is 0 Å². The Bertz CT molecular complexity index is 1220. The summed E-state index contributed by atoms with van der Waals surface area (Å²) < 4.78 is 2.10. The molecule has 4 aromatic heterocycles. The van der Waals surface area contributed by atoms with Crippen LogP contribution < -0.4 is 10.6 Å². The molecule has 0 radical (unpaired) electrons. The lowest BCUT2D eigenvalue weighted by Crippen LogP contribution is -2.29. The molecule has 0 atom stereocenters. The fourth-order valence-corrected chi connectivity index (χ4v) is 5.64. The third-order valence-corrected chi connectivity index (χ3v) is 7.54. The van der Waals surface area contributed by atoms with Crippen LogP contribution in [0.25, 0.3) is 22.2 Å². The molecule has 9 heteroatoms. The van der Waals surface area contributed by atoms with Gasteiger partial charge in [0.05, 0.1) is 23.3 Å². The average Bonchev–Trinajstić information content (AvgIpc) is 3.61. The van der Waals surface area contributed by atoms with Crippen molar-refractivity contribution in [3.63, 3.8) is 0 Å². The van der Waals surface area contributed by atoms with Crippen LogP contribution in [0.15, 0.2) is 36.8 Å². The van der Waals surface area contributed by atoms with Gasteiger partial charge in [-0.2, -0.15) is 5.10 Å². The first-order chi connectivity index (χ1) is 15.8. The maximum Gasteiger partial charge on any atom is 0.211 e. The minimum Gasteiger partial charge on any atom is -0.317 e. The van der Waals surface area contributed by atoms with Crippen LogP contribution in [0.2, 0.25) is 0 Å². The van der Waals surface area contributed by atoms with Gasteiger partial charge in [0.15, 0.2) is 0 Å². The predicted octanol–water partition coefficient (Wildman–Crippen LogP) is 4.67. The van der Waals surface area contributed by atoms with Crippen LogP contribution in [0.1, 0.15) is 55.5 Å². The van der Waals surface area contributed by atoms with E-state index in [0.29, 0.717) is 12.0 Å². The maximum absolute atomic E-state index is 4.79. The zero-order chi connectivity index (χ0) is 21.3. The van der Waals surface area contributed by atoms with Crippen LogP contribution in [0.5, 0.6) is 0 Å². The third kappa shape index (κ3) is 3.98. The Morgan fingerprint density at radius 2 is 1.84 bits per heavy atom. The van der Waals surface area contributed by atoms with Gasteiger partial charge in [-0.3, -0.25) is 9.67 Å². The molecule has 32 heavy (non-hydrogen) atoms. The van der Waals surface area contributed by atoms with Crippen molar-refractivity contribution >= 4 is 33.3 Å². The fraction of sp³-hybridized carbons (Fsp3) is 0.435. The lowest BCUT2D eigenvalue weighted by atomic mass is 10.1. The highest BCUT2D eigenvalue weighted by molar-refractivity contribution is 7.15. The van der Waals surface area contributed by atoms with Crippen molar-refractivity contribution in [3.8, 4) is 11.1 Å². The summed E-state index contributed by atoms with van der Waals surface area (Å²) >= 11 is 1.64. The summed E-state index contributed by atoms with van der Waals surface area (Å²) in [6, 6.07) is 6.49. The monoisotopic (exact) mass is 446 g/mol. The number of pyridine rings is 2. The molecule has 8 nitrogen and oxygen atoms in total. The van der Waals surface area contributed by atoms with E-state index in [0.717, 1.165) is 64.0 Å². The van der Waals surface area contributed by atoms with Gasteiger partial charge in [-0.1, -0.05) is 24.2 Å². The summed E-state index contributed by atoms with van der Waals surface area (Å²) in [6.45, 7) is 2.10. The van der Waals surface area contributed by atoms with Gasteiger partial charge in [-0.15, -0.1) is 10.2 Å². The van der Waals surface area contributed by atoms with Crippen molar-refractivity contribution in [1.82, 2.24) is 35.3 Å². The molecule has 6 rings (SSSR count). The van der Waals surface area contributed by atoms with E-state index in [9.17, 15) is 0 Å². The summed E-state index contributed by atoms with van der Waals surface area (Å²) in [5, 5.41) is 22.0. The molecule has 0 amide bonds. The predicted molar refractivity (Wildman–Crippen MR) is 126 cm³/mol. The largest absolute Gasteiger partial charge is 0.317 e. The van der Waals surface area contributed by atoms with Gasteiger partial charge in [-0.25, -0.2) is 4.98 Å². The van der Waals surface area contributed by atoms with E-state index in [-0.39, 0.29) is 0 Å². The summed E-state index contributed by atoms with van der Waals surface area (Å²) in [5.74, 6) is 1.33. The highest BCUT2D eigenvalue weighted by Crippen LogP contribution is 2.37. The minimum atomic E-state index is 0.466. The van der Waals surface area contributed by atoms with Crippen LogP contribution >= 0.6 is 11.3 Å². The Morgan fingerprint density at radius 3 is 2.72 bits per heavy atom. The minimum absolute atomic E-state index is 0.466. The first-order valence-corrected chi connectivity index (χ1v) is 12.3. The fourth-order valence-electron chi connectivity index (χ4n) is 4.72. The number of nitrogens with zero attached hydrogens (tertiary/aromatic N) is 6. The highest BCUT2D eigenvalue weighted by atomic mass is 32.1. The summed E-state index contributed by atoms with van der Waals surface area (Å²) in [7, 11) is 0. The zero-order valence-corrected chi connectivity index (χ0v) is 18.7. The van der Waals surface area contributed by atoms with Crippen LogP contribution in [-0.2, 0) is 0 Å². The SMILES string of the molecule is c1nc2ccc(Nc3nnc(C4CCCC4)s3)nc2cc1-c1cnn(C2CCNCC2)c1. The molecule has 164 valence electrons. The molecule has 2 fully saturated rings. The number of anilines is 2. The van der Waals surface area contributed by atoms with Gasteiger partial charge in [0, 0.05) is 29.4 Å². The quantitative estimate of drug-likeness (QED) is 0.460. The van der Waals surface area contributed by atoms with E-state index in [4.69, 9.17) is 4.98 Å². The number of nitrogens with one attached hydrogen (secondary N) is 2. The summed E-state index contributed by atoms with van der Waals surface area (Å²) in [5.41, 5.74) is 3.82. The van der Waals surface area contributed by atoms with E-state index >= 15 is 0 Å². The van der Waals surface area contributed by atoms with Gasteiger partial charge >= 0.3 is 0 Å². The Labute approximate surface area is 190 Å².